The van der Waals surface area contributed by atoms with Gasteiger partial charge in [0, 0.05) is 24.0 Å². The highest BCUT2D eigenvalue weighted by Crippen LogP contribution is 2.46. The third-order valence-corrected chi connectivity index (χ3v) is 6.80. The second kappa shape index (κ2) is 6.84. The molecule has 1 heterocycles. The van der Waals surface area contributed by atoms with Crippen molar-refractivity contribution >= 4 is 16.5 Å². The summed E-state index contributed by atoms with van der Waals surface area (Å²) in [6.07, 6.45) is 5.92. The number of hydrogen-bond acceptors (Lipinski definition) is 2. The summed E-state index contributed by atoms with van der Waals surface area (Å²) in [7, 11) is 0. The van der Waals surface area contributed by atoms with Crippen LogP contribution in [0.1, 0.15) is 43.7 Å². The molecule has 1 aliphatic carbocycles. The van der Waals surface area contributed by atoms with Gasteiger partial charge in [0.2, 0.25) is 0 Å². The van der Waals surface area contributed by atoms with E-state index in [1.165, 1.54) is 40.4 Å². The molecule has 0 radical (unpaired) electrons. The lowest BCUT2D eigenvalue weighted by molar-refractivity contribution is 0.0308. The number of fused-ring (bicyclic) bond motifs is 2. The van der Waals surface area contributed by atoms with E-state index in [0.29, 0.717) is 6.04 Å². The first-order valence-electron chi connectivity index (χ1n) is 10.7. The molecule has 0 N–H and O–H groups in total. The van der Waals surface area contributed by atoms with Crippen molar-refractivity contribution in [2.45, 2.75) is 57.6 Å². The molecule has 0 saturated heterocycles. The van der Waals surface area contributed by atoms with Crippen LogP contribution in [0.4, 0.5) is 5.69 Å². The van der Waals surface area contributed by atoms with Crippen molar-refractivity contribution in [2.24, 2.45) is 0 Å². The van der Waals surface area contributed by atoms with Gasteiger partial charge in [-0.25, -0.2) is 0 Å². The number of aryl methyl sites for hydroxylation is 1. The van der Waals surface area contributed by atoms with Crippen LogP contribution in [0.25, 0.3) is 10.8 Å². The Hall–Kier alpha value is -2.48. The molecule has 144 valence electrons. The van der Waals surface area contributed by atoms with Crippen molar-refractivity contribution in [1.29, 1.82) is 0 Å². The van der Waals surface area contributed by atoms with Crippen LogP contribution in [-0.4, -0.2) is 18.2 Å². The number of benzene rings is 3. The first kappa shape index (κ1) is 17.6. The van der Waals surface area contributed by atoms with Gasteiger partial charge in [-0.2, -0.15) is 0 Å². The van der Waals surface area contributed by atoms with Gasteiger partial charge < -0.3 is 9.64 Å². The predicted octanol–water partition coefficient (Wildman–Crippen LogP) is 6.29. The van der Waals surface area contributed by atoms with E-state index in [9.17, 15) is 0 Å². The average Bonchev–Trinajstić information content (AvgIpc) is 3.18. The lowest BCUT2D eigenvalue weighted by Gasteiger charge is -2.48. The Labute approximate surface area is 168 Å². The summed E-state index contributed by atoms with van der Waals surface area (Å²) in [4.78, 5) is 2.62. The Bertz CT molecular complexity index is 997. The predicted molar refractivity (Wildman–Crippen MR) is 117 cm³/mol. The maximum absolute atomic E-state index is 6.85. The monoisotopic (exact) mass is 371 g/mol. The van der Waals surface area contributed by atoms with Crippen molar-refractivity contribution in [3.8, 4) is 5.75 Å². The van der Waals surface area contributed by atoms with Gasteiger partial charge in [-0.15, -0.1) is 0 Å². The molecule has 28 heavy (non-hydrogen) atoms. The minimum Gasteiger partial charge on any atom is -0.485 e. The maximum atomic E-state index is 6.85. The van der Waals surface area contributed by atoms with E-state index >= 15 is 0 Å². The van der Waals surface area contributed by atoms with Gasteiger partial charge in [0.15, 0.2) is 0 Å². The van der Waals surface area contributed by atoms with Gasteiger partial charge in [-0.05, 0) is 68.2 Å². The van der Waals surface area contributed by atoms with Crippen LogP contribution in [0.2, 0.25) is 0 Å². The average molecular weight is 372 g/mol. The van der Waals surface area contributed by atoms with Gasteiger partial charge in [-0.3, -0.25) is 0 Å². The molecular weight excluding hydrogens is 342 g/mol. The van der Waals surface area contributed by atoms with Crippen LogP contribution >= 0.6 is 0 Å². The third kappa shape index (κ3) is 2.78. The fourth-order valence-electron chi connectivity index (χ4n) is 5.43. The molecule has 0 bridgehead atoms. The Morgan fingerprint density at radius 1 is 1.00 bits per heavy atom. The fourth-order valence-corrected chi connectivity index (χ4v) is 5.43. The smallest absolute Gasteiger partial charge is 0.129 e. The number of hydrogen-bond donors (Lipinski definition) is 0. The molecule has 3 aromatic rings. The molecule has 1 unspecified atom stereocenters. The number of anilines is 1. The van der Waals surface area contributed by atoms with Gasteiger partial charge >= 0.3 is 0 Å². The fraction of sp³-hybridized carbons (Fsp3) is 0.385. The zero-order valence-corrected chi connectivity index (χ0v) is 16.9. The second-order valence-electron chi connectivity index (χ2n) is 8.49. The van der Waals surface area contributed by atoms with Crippen molar-refractivity contribution in [2.75, 3.05) is 11.4 Å². The normalized spacial score (nSPS) is 20.1. The molecule has 2 heteroatoms. The lowest BCUT2D eigenvalue weighted by atomic mass is 9.82. The Morgan fingerprint density at radius 2 is 1.79 bits per heavy atom. The van der Waals surface area contributed by atoms with E-state index in [-0.39, 0.29) is 5.60 Å². The molecule has 5 rings (SSSR count). The van der Waals surface area contributed by atoms with E-state index in [4.69, 9.17) is 4.74 Å². The number of nitrogens with zero attached hydrogens (tertiary/aromatic N) is 1. The Morgan fingerprint density at radius 3 is 2.61 bits per heavy atom. The van der Waals surface area contributed by atoms with E-state index in [1.807, 2.05) is 0 Å². The summed E-state index contributed by atoms with van der Waals surface area (Å²) in [5.41, 5.74) is 3.92. The summed E-state index contributed by atoms with van der Waals surface area (Å²) in [5, 5.41) is 2.65. The zero-order valence-electron chi connectivity index (χ0n) is 16.9. The minimum atomic E-state index is -0.0618. The summed E-state index contributed by atoms with van der Waals surface area (Å²) >= 11 is 0. The molecule has 1 saturated carbocycles. The Kier molecular flexibility index (Phi) is 4.30. The molecule has 1 aliphatic heterocycles. The van der Waals surface area contributed by atoms with Gasteiger partial charge in [-0.1, -0.05) is 48.5 Å². The molecule has 0 aromatic heterocycles. The number of rotatable bonds is 3. The van der Waals surface area contributed by atoms with Crippen LogP contribution < -0.4 is 9.64 Å². The second-order valence-corrected chi connectivity index (χ2v) is 8.49. The van der Waals surface area contributed by atoms with E-state index < -0.39 is 0 Å². The van der Waals surface area contributed by atoms with E-state index in [1.54, 1.807) is 0 Å². The highest BCUT2D eigenvalue weighted by atomic mass is 16.5. The topological polar surface area (TPSA) is 12.5 Å². The number of likely N-dealkylation sites (N-methyl/N-ethyl adjacent to an activating group) is 1. The van der Waals surface area contributed by atoms with Gasteiger partial charge in [0.25, 0.3) is 0 Å². The third-order valence-electron chi connectivity index (χ3n) is 6.80. The summed E-state index contributed by atoms with van der Waals surface area (Å²) in [5.74, 6) is 1.12. The highest BCUT2D eigenvalue weighted by Gasteiger charge is 2.49. The van der Waals surface area contributed by atoms with Crippen molar-refractivity contribution in [3.63, 3.8) is 0 Å². The largest absolute Gasteiger partial charge is 0.485 e. The molecular formula is C26H29NO. The minimum absolute atomic E-state index is 0.0618. The Balaban J connectivity index is 1.63. The van der Waals surface area contributed by atoms with Gasteiger partial charge in [0.05, 0.1) is 6.04 Å². The highest BCUT2D eigenvalue weighted by molar-refractivity contribution is 5.94. The number of ether oxygens (including phenoxy) is 1. The van der Waals surface area contributed by atoms with Crippen LogP contribution in [-0.2, 0) is 6.42 Å². The van der Waals surface area contributed by atoms with Crippen LogP contribution in [0, 0.1) is 6.92 Å². The molecule has 0 amide bonds. The summed E-state index contributed by atoms with van der Waals surface area (Å²) in [6, 6.07) is 22.6. The van der Waals surface area contributed by atoms with Crippen molar-refractivity contribution in [1.82, 2.24) is 0 Å². The van der Waals surface area contributed by atoms with Crippen LogP contribution in [0.15, 0.2) is 60.7 Å². The molecule has 1 atom stereocenters. The zero-order chi connectivity index (χ0) is 19.1. The van der Waals surface area contributed by atoms with E-state index in [0.717, 1.165) is 31.6 Å². The molecule has 1 fully saturated rings. The molecule has 3 aromatic carbocycles. The summed E-state index contributed by atoms with van der Waals surface area (Å²) in [6.45, 7) is 5.44. The maximum Gasteiger partial charge on any atom is 0.129 e. The SMILES string of the molecule is CCN(c1cccc2ccccc12)C1Cc2ccc(C)cc2OC12CCCC2. The van der Waals surface area contributed by atoms with Crippen LogP contribution in [0.5, 0.6) is 5.75 Å². The molecule has 2 aliphatic rings. The molecule has 2 nitrogen and oxygen atoms in total. The van der Waals surface area contributed by atoms with E-state index in [2.05, 4.69) is 79.4 Å². The standard InChI is InChI=1S/C26H29NO/c1-3-27(23-12-8-10-20-9-4-5-11-22(20)23)25-18-21-14-13-19(2)17-24(21)28-26(25)15-6-7-16-26/h4-5,8-14,17,25H,3,6-7,15-16,18H2,1-2H3. The first-order chi connectivity index (χ1) is 13.7. The lowest BCUT2D eigenvalue weighted by Crippen LogP contribution is -2.58. The summed E-state index contributed by atoms with van der Waals surface area (Å²) < 4.78 is 6.85. The van der Waals surface area contributed by atoms with Crippen molar-refractivity contribution < 1.29 is 4.74 Å². The van der Waals surface area contributed by atoms with Gasteiger partial charge in [0.1, 0.15) is 11.4 Å². The first-order valence-corrected chi connectivity index (χ1v) is 10.7. The quantitative estimate of drug-likeness (QED) is 0.536. The van der Waals surface area contributed by atoms with Crippen LogP contribution in [0.3, 0.4) is 0 Å². The molecule has 1 spiro atoms. The van der Waals surface area contributed by atoms with Crippen molar-refractivity contribution in [3.05, 3.63) is 71.8 Å².